The van der Waals surface area contributed by atoms with Gasteiger partial charge in [0, 0.05) is 34.2 Å². The number of nitrogens with two attached hydrogens (primary N) is 1. The highest BCUT2D eigenvalue weighted by atomic mass is 16.5. The number of carbonyl (C=O) groups is 2. The molecular weight excluding hydrogens is 382 g/mol. The van der Waals surface area contributed by atoms with Gasteiger partial charge in [-0.2, -0.15) is 5.10 Å². The maximum absolute atomic E-state index is 12.1. The SMILES string of the molecule is NC(=O)Cn1cc(/C=N\NC(=O)COc2cccc3cccnc23)c2ccccc21. The maximum Gasteiger partial charge on any atom is 0.277 e. The number of ether oxygens (including phenoxy) is 1. The number of para-hydroxylation sites is 2. The van der Waals surface area contributed by atoms with Crippen LogP contribution in [0.1, 0.15) is 5.56 Å². The minimum Gasteiger partial charge on any atom is -0.481 e. The Morgan fingerprint density at radius 3 is 2.83 bits per heavy atom. The van der Waals surface area contributed by atoms with Gasteiger partial charge in [0.15, 0.2) is 6.61 Å². The average molecular weight is 401 g/mol. The van der Waals surface area contributed by atoms with E-state index in [0.717, 1.165) is 21.9 Å². The molecule has 0 radical (unpaired) electrons. The first kappa shape index (κ1) is 19.1. The Morgan fingerprint density at radius 2 is 1.97 bits per heavy atom. The summed E-state index contributed by atoms with van der Waals surface area (Å²) in [6.07, 6.45) is 4.97. The summed E-state index contributed by atoms with van der Waals surface area (Å²) in [4.78, 5) is 27.7. The highest BCUT2D eigenvalue weighted by Crippen LogP contribution is 2.23. The molecule has 2 aromatic heterocycles. The lowest BCUT2D eigenvalue weighted by Crippen LogP contribution is -2.24. The molecular formula is C22H19N5O3. The summed E-state index contributed by atoms with van der Waals surface area (Å²) in [5, 5.41) is 5.84. The summed E-state index contributed by atoms with van der Waals surface area (Å²) in [6.45, 7) is -0.135. The Balaban J connectivity index is 1.42. The van der Waals surface area contributed by atoms with Crippen LogP contribution in [0.25, 0.3) is 21.8 Å². The van der Waals surface area contributed by atoms with Crippen LogP contribution in [-0.2, 0) is 16.1 Å². The average Bonchev–Trinajstić information content (AvgIpc) is 3.09. The Kier molecular flexibility index (Phi) is 5.38. The topological polar surface area (TPSA) is 112 Å². The molecule has 3 N–H and O–H groups in total. The fourth-order valence-corrected chi connectivity index (χ4v) is 3.22. The molecule has 2 amide bonds. The zero-order chi connectivity index (χ0) is 20.9. The van der Waals surface area contributed by atoms with E-state index in [1.54, 1.807) is 23.0 Å². The lowest BCUT2D eigenvalue weighted by atomic mass is 10.2. The van der Waals surface area contributed by atoms with Crippen LogP contribution in [0.4, 0.5) is 0 Å². The van der Waals surface area contributed by atoms with E-state index in [9.17, 15) is 9.59 Å². The van der Waals surface area contributed by atoms with Crippen LogP contribution < -0.4 is 15.9 Å². The van der Waals surface area contributed by atoms with Crippen molar-refractivity contribution < 1.29 is 14.3 Å². The molecule has 2 heterocycles. The van der Waals surface area contributed by atoms with Crippen LogP contribution in [0.5, 0.6) is 5.75 Å². The zero-order valence-corrected chi connectivity index (χ0v) is 16.0. The summed E-state index contributed by atoms with van der Waals surface area (Å²) >= 11 is 0. The third-order valence-corrected chi connectivity index (χ3v) is 4.49. The standard InChI is InChI=1S/C22H19N5O3/c23-20(28)13-27-12-16(17-7-1-2-8-18(17)27)11-25-26-21(29)14-30-19-9-3-5-15-6-4-10-24-22(15)19/h1-12H,13-14H2,(H2,23,28)(H,26,29)/b25-11-. The highest BCUT2D eigenvalue weighted by molar-refractivity contribution is 6.00. The first-order chi connectivity index (χ1) is 14.6. The smallest absolute Gasteiger partial charge is 0.277 e. The van der Waals surface area contributed by atoms with Crippen molar-refractivity contribution in [3.05, 3.63) is 72.6 Å². The summed E-state index contributed by atoms with van der Waals surface area (Å²) in [7, 11) is 0. The Labute approximate surface area is 172 Å². The molecule has 0 saturated heterocycles. The lowest BCUT2D eigenvalue weighted by Gasteiger charge is -2.07. The molecule has 4 rings (SSSR count). The molecule has 8 heteroatoms. The third kappa shape index (κ3) is 4.12. The van der Waals surface area contributed by atoms with Gasteiger partial charge in [-0.15, -0.1) is 0 Å². The minimum atomic E-state index is -0.437. The van der Waals surface area contributed by atoms with Gasteiger partial charge < -0.3 is 15.0 Å². The van der Waals surface area contributed by atoms with Crippen molar-refractivity contribution in [2.75, 3.05) is 6.61 Å². The number of nitrogens with zero attached hydrogens (tertiary/aromatic N) is 3. The van der Waals surface area contributed by atoms with Gasteiger partial charge in [-0.3, -0.25) is 14.6 Å². The summed E-state index contributed by atoms with van der Waals surface area (Å²) in [5.41, 5.74) is 10.1. The molecule has 0 aliphatic rings. The second-order valence-corrected chi connectivity index (χ2v) is 6.61. The Bertz CT molecular complexity index is 1260. The third-order valence-electron chi connectivity index (χ3n) is 4.49. The van der Waals surface area contributed by atoms with Gasteiger partial charge >= 0.3 is 0 Å². The van der Waals surface area contributed by atoms with Crippen LogP contribution in [0.15, 0.2) is 72.1 Å². The van der Waals surface area contributed by atoms with Crippen LogP contribution >= 0.6 is 0 Å². The Morgan fingerprint density at radius 1 is 1.13 bits per heavy atom. The monoisotopic (exact) mass is 401 g/mol. The lowest BCUT2D eigenvalue weighted by molar-refractivity contribution is -0.123. The van der Waals surface area contributed by atoms with E-state index < -0.39 is 11.8 Å². The van der Waals surface area contributed by atoms with Crippen molar-refractivity contribution in [1.29, 1.82) is 0 Å². The molecule has 0 unspecified atom stereocenters. The molecule has 30 heavy (non-hydrogen) atoms. The Hall–Kier alpha value is -4.20. The number of pyridine rings is 1. The normalized spacial score (nSPS) is 11.2. The minimum absolute atomic E-state index is 0.0631. The molecule has 0 aliphatic carbocycles. The summed E-state index contributed by atoms with van der Waals surface area (Å²) in [6, 6.07) is 16.9. The van der Waals surface area contributed by atoms with Crippen molar-refractivity contribution in [1.82, 2.24) is 15.0 Å². The zero-order valence-electron chi connectivity index (χ0n) is 16.0. The van der Waals surface area contributed by atoms with Gasteiger partial charge in [-0.1, -0.05) is 36.4 Å². The van der Waals surface area contributed by atoms with E-state index >= 15 is 0 Å². The van der Waals surface area contributed by atoms with E-state index in [0.29, 0.717) is 11.3 Å². The maximum atomic E-state index is 12.1. The van der Waals surface area contributed by atoms with E-state index in [1.165, 1.54) is 6.21 Å². The molecule has 150 valence electrons. The molecule has 0 bridgehead atoms. The van der Waals surface area contributed by atoms with Gasteiger partial charge in [0.05, 0.1) is 6.21 Å². The summed E-state index contributed by atoms with van der Waals surface area (Å²) < 4.78 is 7.35. The molecule has 4 aromatic rings. The number of nitrogens with one attached hydrogen (secondary N) is 1. The molecule has 0 fully saturated rings. The number of hydrogen-bond donors (Lipinski definition) is 2. The van der Waals surface area contributed by atoms with Gasteiger partial charge in [0.1, 0.15) is 17.8 Å². The predicted octanol–water partition coefficient (Wildman–Crippen LogP) is 2.20. The number of carbonyl (C=O) groups excluding carboxylic acids is 2. The van der Waals surface area contributed by atoms with Gasteiger partial charge in [-0.05, 0) is 18.2 Å². The summed E-state index contributed by atoms with van der Waals surface area (Å²) in [5.74, 6) is -0.311. The van der Waals surface area contributed by atoms with Crippen molar-refractivity contribution in [2.24, 2.45) is 10.8 Å². The van der Waals surface area contributed by atoms with Gasteiger partial charge in [-0.25, -0.2) is 5.43 Å². The number of fused-ring (bicyclic) bond motifs is 2. The first-order valence-corrected chi connectivity index (χ1v) is 9.26. The van der Waals surface area contributed by atoms with E-state index in [-0.39, 0.29) is 13.2 Å². The van der Waals surface area contributed by atoms with Crippen LogP contribution in [0.2, 0.25) is 0 Å². The van der Waals surface area contributed by atoms with Crippen LogP contribution in [0.3, 0.4) is 0 Å². The quantitative estimate of drug-likeness (QED) is 0.365. The predicted molar refractivity (Wildman–Crippen MR) is 114 cm³/mol. The fourth-order valence-electron chi connectivity index (χ4n) is 3.22. The van der Waals surface area contributed by atoms with Crippen molar-refractivity contribution >= 4 is 39.8 Å². The van der Waals surface area contributed by atoms with E-state index in [2.05, 4.69) is 15.5 Å². The van der Waals surface area contributed by atoms with E-state index in [4.69, 9.17) is 10.5 Å². The molecule has 2 aromatic carbocycles. The van der Waals surface area contributed by atoms with Crippen molar-refractivity contribution in [3.63, 3.8) is 0 Å². The number of rotatable bonds is 7. The number of aromatic nitrogens is 2. The highest BCUT2D eigenvalue weighted by Gasteiger charge is 2.09. The second kappa shape index (κ2) is 8.44. The number of hydrazone groups is 1. The second-order valence-electron chi connectivity index (χ2n) is 6.61. The van der Waals surface area contributed by atoms with Crippen LogP contribution in [-0.4, -0.2) is 34.2 Å². The molecule has 0 saturated carbocycles. The van der Waals surface area contributed by atoms with Crippen LogP contribution in [0, 0.1) is 0 Å². The molecule has 0 spiro atoms. The van der Waals surface area contributed by atoms with Crippen molar-refractivity contribution in [2.45, 2.75) is 6.54 Å². The van der Waals surface area contributed by atoms with Gasteiger partial charge in [0.2, 0.25) is 5.91 Å². The number of primary amides is 1. The number of hydrogen-bond acceptors (Lipinski definition) is 5. The fraction of sp³-hybridized carbons (Fsp3) is 0.0909. The van der Waals surface area contributed by atoms with E-state index in [1.807, 2.05) is 48.5 Å². The number of amides is 2. The van der Waals surface area contributed by atoms with Crippen molar-refractivity contribution in [3.8, 4) is 5.75 Å². The molecule has 0 aliphatic heterocycles. The van der Waals surface area contributed by atoms with Gasteiger partial charge in [0.25, 0.3) is 5.91 Å². The largest absolute Gasteiger partial charge is 0.481 e. The number of benzene rings is 2. The molecule has 0 atom stereocenters. The first-order valence-electron chi connectivity index (χ1n) is 9.26. The molecule has 8 nitrogen and oxygen atoms in total.